The molecular weight excluding hydrogens is 306 g/mol. The number of likely N-dealkylation sites (tertiary alicyclic amines) is 1. The molecule has 23 heavy (non-hydrogen) atoms. The molecule has 4 nitrogen and oxygen atoms in total. The minimum absolute atomic E-state index is 0.136. The van der Waals surface area contributed by atoms with Gasteiger partial charge < -0.3 is 15.5 Å². The predicted molar refractivity (Wildman–Crippen MR) is 97.8 cm³/mol. The van der Waals surface area contributed by atoms with Crippen molar-refractivity contribution in [1.29, 1.82) is 0 Å². The van der Waals surface area contributed by atoms with E-state index >= 15 is 0 Å². The molecule has 2 N–H and O–H groups in total. The summed E-state index contributed by atoms with van der Waals surface area (Å²) >= 11 is 5.39. The fraction of sp³-hybridized carbons (Fsp3) is 0.556. The zero-order valence-corrected chi connectivity index (χ0v) is 14.3. The Hall–Kier alpha value is -1.62. The molecule has 5 heteroatoms. The third-order valence-electron chi connectivity index (χ3n) is 4.72. The van der Waals surface area contributed by atoms with Crippen LogP contribution in [-0.4, -0.2) is 35.1 Å². The Kier molecular flexibility index (Phi) is 5.49. The highest BCUT2D eigenvalue weighted by molar-refractivity contribution is 7.80. The number of carbonyl (C=O) groups excluding carboxylic acids is 1. The van der Waals surface area contributed by atoms with Crippen molar-refractivity contribution >= 4 is 28.9 Å². The number of anilines is 1. The topological polar surface area (TPSA) is 44.4 Å². The van der Waals surface area contributed by atoms with Crippen LogP contribution in [0.4, 0.5) is 5.69 Å². The zero-order valence-electron chi connectivity index (χ0n) is 13.5. The van der Waals surface area contributed by atoms with E-state index in [1.807, 2.05) is 29.2 Å². The van der Waals surface area contributed by atoms with Gasteiger partial charge in [-0.25, -0.2) is 0 Å². The zero-order chi connectivity index (χ0) is 16.1. The largest absolute Gasteiger partial charge is 0.360 e. The molecular formula is C18H25N3OS. The molecule has 124 valence electrons. The van der Waals surface area contributed by atoms with E-state index < -0.39 is 0 Å². The Bertz CT molecular complexity index is 546. The van der Waals surface area contributed by atoms with Crippen LogP contribution in [0.25, 0.3) is 0 Å². The van der Waals surface area contributed by atoms with Crippen LogP contribution >= 0.6 is 12.2 Å². The van der Waals surface area contributed by atoms with Gasteiger partial charge in [0.1, 0.15) is 0 Å². The summed E-state index contributed by atoms with van der Waals surface area (Å²) in [5.74, 6) is 0.136. The van der Waals surface area contributed by atoms with E-state index in [2.05, 4.69) is 10.6 Å². The van der Waals surface area contributed by atoms with Gasteiger partial charge in [0, 0.05) is 30.4 Å². The number of nitrogens with zero attached hydrogens (tertiary/aromatic N) is 1. The van der Waals surface area contributed by atoms with Gasteiger partial charge in [-0.15, -0.1) is 0 Å². The fourth-order valence-corrected chi connectivity index (χ4v) is 3.68. The van der Waals surface area contributed by atoms with E-state index in [1.54, 1.807) is 0 Å². The van der Waals surface area contributed by atoms with Crippen LogP contribution in [0.15, 0.2) is 24.3 Å². The third kappa shape index (κ3) is 4.44. The van der Waals surface area contributed by atoms with Crippen LogP contribution in [0.3, 0.4) is 0 Å². The van der Waals surface area contributed by atoms with Crippen molar-refractivity contribution in [2.45, 2.75) is 51.0 Å². The van der Waals surface area contributed by atoms with E-state index in [9.17, 15) is 4.79 Å². The third-order valence-corrected chi connectivity index (χ3v) is 4.94. The Morgan fingerprint density at radius 2 is 1.65 bits per heavy atom. The number of carbonyl (C=O) groups is 1. The quantitative estimate of drug-likeness (QED) is 0.832. The molecule has 0 radical (unpaired) electrons. The summed E-state index contributed by atoms with van der Waals surface area (Å²) < 4.78 is 0. The Balaban J connectivity index is 1.52. The predicted octanol–water partition coefficient (Wildman–Crippen LogP) is 3.54. The highest BCUT2D eigenvalue weighted by atomic mass is 32.1. The van der Waals surface area contributed by atoms with E-state index in [4.69, 9.17) is 12.2 Å². The molecule has 1 aliphatic heterocycles. The number of benzene rings is 1. The summed E-state index contributed by atoms with van der Waals surface area (Å²) in [6.07, 6.45) is 8.54. The molecule has 1 saturated heterocycles. The highest BCUT2D eigenvalue weighted by Crippen LogP contribution is 2.18. The molecule has 2 aliphatic rings. The maximum atomic E-state index is 12.3. The van der Waals surface area contributed by atoms with Crippen LogP contribution in [0.1, 0.15) is 55.3 Å². The summed E-state index contributed by atoms with van der Waals surface area (Å²) in [7, 11) is 0. The number of nitrogens with one attached hydrogen (secondary N) is 2. The molecule has 1 aromatic carbocycles. The first-order valence-corrected chi connectivity index (χ1v) is 9.10. The average molecular weight is 331 g/mol. The number of thiocarbonyl (C=S) groups is 1. The number of rotatable bonds is 3. The summed E-state index contributed by atoms with van der Waals surface area (Å²) in [5, 5.41) is 7.29. The highest BCUT2D eigenvalue weighted by Gasteiger charge is 2.19. The van der Waals surface area contributed by atoms with E-state index in [-0.39, 0.29) is 5.91 Å². The van der Waals surface area contributed by atoms with E-state index in [1.165, 1.54) is 32.1 Å². The molecule has 0 spiro atoms. The molecule has 1 saturated carbocycles. The molecule has 1 aromatic rings. The first-order valence-electron chi connectivity index (χ1n) is 8.69. The Labute approximate surface area is 143 Å². The summed E-state index contributed by atoms with van der Waals surface area (Å²) in [5.41, 5.74) is 1.68. The molecule has 1 aliphatic carbocycles. The van der Waals surface area contributed by atoms with Crippen LogP contribution in [0.2, 0.25) is 0 Å². The smallest absolute Gasteiger partial charge is 0.253 e. The van der Waals surface area contributed by atoms with Gasteiger partial charge in [0.25, 0.3) is 5.91 Å². The van der Waals surface area contributed by atoms with Crippen LogP contribution in [0, 0.1) is 0 Å². The summed E-state index contributed by atoms with van der Waals surface area (Å²) in [6, 6.07) is 8.12. The molecule has 1 heterocycles. The normalized spacial score (nSPS) is 18.7. The van der Waals surface area contributed by atoms with Gasteiger partial charge in [0.2, 0.25) is 0 Å². The minimum Gasteiger partial charge on any atom is -0.360 e. The maximum Gasteiger partial charge on any atom is 0.253 e. The molecule has 3 rings (SSSR count). The lowest BCUT2D eigenvalue weighted by Gasteiger charge is -2.24. The lowest BCUT2D eigenvalue weighted by Crippen LogP contribution is -2.38. The van der Waals surface area contributed by atoms with Crippen LogP contribution in [0.5, 0.6) is 0 Å². The lowest BCUT2D eigenvalue weighted by molar-refractivity contribution is 0.0793. The van der Waals surface area contributed by atoms with Crippen LogP contribution < -0.4 is 10.6 Å². The van der Waals surface area contributed by atoms with Crippen molar-refractivity contribution < 1.29 is 4.79 Å². The minimum atomic E-state index is 0.136. The van der Waals surface area contributed by atoms with Gasteiger partial charge in [-0.05, 0) is 62.2 Å². The molecule has 0 unspecified atom stereocenters. The first kappa shape index (κ1) is 16.2. The Morgan fingerprint density at radius 3 is 2.30 bits per heavy atom. The lowest BCUT2D eigenvalue weighted by atomic mass is 9.96. The number of amides is 1. The molecule has 0 aromatic heterocycles. The second kappa shape index (κ2) is 7.77. The monoisotopic (exact) mass is 331 g/mol. The molecule has 1 amide bonds. The molecule has 0 bridgehead atoms. The van der Waals surface area contributed by atoms with E-state index in [0.29, 0.717) is 11.2 Å². The van der Waals surface area contributed by atoms with Gasteiger partial charge in [-0.2, -0.15) is 0 Å². The summed E-state index contributed by atoms with van der Waals surface area (Å²) in [4.78, 5) is 14.2. The molecule has 2 fully saturated rings. The van der Waals surface area contributed by atoms with E-state index in [0.717, 1.165) is 37.2 Å². The molecule has 0 atom stereocenters. The SMILES string of the molecule is O=C(c1ccc(NC(=S)NC2CCCCC2)cc1)N1CCCC1. The van der Waals surface area contributed by atoms with Gasteiger partial charge in [0.05, 0.1) is 0 Å². The summed E-state index contributed by atoms with van der Waals surface area (Å²) in [6.45, 7) is 1.77. The van der Waals surface area contributed by atoms with Crippen molar-refractivity contribution in [2.24, 2.45) is 0 Å². The van der Waals surface area contributed by atoms with Crippen molar-refractivity contribution in [2.75, 3.05) is 18.4 Å². The number of hydrogen-bond donors (Lipinski definition) is 2. The van der Waals surface area contributed by atoms with Gasteiger partial charge >= 0.3 is 0 Å². The van der Waals surface area contributed by atoms with Gasteiger partial charge in [0.15, 0.2) is 5.11 Å². The standard InChI is InChI=1S/C18H25N3OS/c22-17(21-12-4-5-13-21)14-8-10-16(11-9-14)20-18(23)19-15-6-2-1-3-7-15/h8-11,15H,1-7,12-13H2,(H2,19,20,23). The maximum absolute atomic E-state index is 12.3. The fourth-order valence-electron chi connectivity index (χ4n) is 3.40. The first-order chi connectivity index (χ1) is 11.2. The average Bonchev–Trinajstić information content (AvgIpc) is 3.10. The second-order valence-electron chi connectivity index (χ2n) is 6.51. The van der Waals surface area contributed by atoms with Crippen molar-refractivity contribution in [3.8, 4) is 0 Å². The number of hydrogen-bond acceptors (Lipinski definition) is 2. The van der Waals surface area contributed by atoms with Crippen molar-refractivity contribution in [3.05, 3.63) is 29.8 Å². The van der Waals surface area contributed by atoms with Crippen molar-refractivity contribution in [3.63, 3.8) is 0 Å². The second-order valence-corrected chi connectivity index (χ2v) is 6.92. The van der Waals surface area contributed by atoms with Crippen LogP contribution in [-0.2, 0) is 0 Å². The van der Waals surface area contributed by atoms with Gasteiger partial charge in [-0.3, -0.25) is 4.79 Å². The van der Waals surface area contributed by atoms with Crippen molar-refractivity contribution in [1.82, 2.24) is 10.2 Å². The Morgan fingerprint density at radius 1 is 1.00 bits per heavy atom. The van der Waals surface area contributed by atoms with Gasteiger partial charge in [-0.1, -0.05) is 19.3 Å².